The largest absolute Gasteiger partial charge is 0.348 e. The lowest BCUT2D eigenvalue weighted by molar-refractivity contribution is -0.133. The van der Waals surface area contributed by atoms with E-state index in [1.165, 1.54) is 6.33 Å². The molecule has 3 amide bonds. The fourth-order valence-corrected chi connectivity index (χ4v) is 2.23. The number of nitrogens with zero attached hydrogens (tertiary/aromatic N) is 1. The number of imidazole rings is 1. The van der Waals surface area contributed by atoms with Gasteiger partial charge in [0.15, 0.2) is 0 Å². The summed E-state index contributed by atoms with van der Waals surface area (Å²) in [5.41, 5.74) is 0.803. The second-order valence-corrected chi connectivity index (χ2v) is 4.90. The number of carbonyl (C=O) groups is 3. The van der Waals surface area contributed by atoms with E-state index in [0.717, 1.165) is 5.69 Å². The normalized spacial score (nSPS) is 19.1. The highest BCUT2D eigenvalue weighted by molar-refractivity contribution is 6.02. The first-order chi connectivity index (χ1) is 10.1. The van der Waals surface area contributed by atoms with Crippen LogP contribution >= 0.6 is 0 Å². The van der Waals surface area contributed by atoms with Gasteiger partial charge in [0.2, 0.25) is 17.7 Å². The third kappa shape index (κ3) is 4.12. The van der Waals surface area contributed by atoms with E-state index in [-0.39, 0.29) is 5.91 Å². The molecular formula is C13H19N5O3. The van der Waals surface area contributed by atoms with Crippen molar-refractivity contribution in [2.24, 2.45) is 0 Å². The summed E-state index contributed by atoms with van der Waals surface area (Å²) >= 11 is 0. The molecule has 0 unspecified atom stereocenters. The molecule has 0 saturated carbocycles. The summed E-state index contributed by atoms with van der Waals surface area (Å²) in [6.45, 7) is 2.48. The Bertz CT molecular complexity index is 514. The molecule has 1 saturated heterocycles. The third-order valence-corrected chi connectivity index (χ3v) is 3.30. The maximum atomic E-state index is 12.2. The quantitative estimate of drug-likeness (QED) is 0.528. The molecule has 4 N–H and O–H groups in total. The van der Waals surface area contributed by atoms with Gasteiger partial charge in [-0.3, -0.25) is 19.7 Å². The van der Waals surface area contributed by atoms with Crippen LogP contribution in [0.15, 0.2) is 12.5 Å². The van der Waals surface area contributed by atoms with Crippen molar-refractivity contribution in [2.45, 2.75) is 38.3 Å². The van der Waals surface area contributed by atoms with E-state index < -0.39 is 23.9 Å². The van der Waals surface area contributed by atoms with Gasteiger partial charge in [0.25, 0.3) is 0 Å². The average Bonchev–Trinajstić information content (AvgIpc) is 3.09. The minimum atomic E-state index is -0.615. The molecule has 0 spiro atoms. The number of amides is 3. The minimum Gasteiger partial charge on any atom is -0.348 e. The summed E-state index contributed by atoms with van der Waals surface area (Å²) in [5.74, 6) is -1.03. The van der Waals surface area contributed by atoms with Gasteiger partial charge < -0.3 is 15.6 Å². The van der Waals surface area contributed by atoms with Crippen LogP contribution in [-0.4, -0.2) is 46.3 Å². The van der Waals surface area contributed by atoms with Crippen molar-refractivity contribution in [2.75, 3.05) is 6.54 Å². The van der Waals surface area contributed by atoms with E-state index in [1.54, 1.807) is 6.20 Å². The van der Waals surface area contributed by atoms with Gasteiger partial charge in [0, 0.05) is 24.7 Å². The number of hydrogen-bond acceptors (Lipinski definition) is 5. The van der Waals surface area contributed by atoms with Crippen LogP contribution in [-0.2, 0) is 20.8 Å². The predicted molar refractivity (Wildman–Crippen MR) is 74.1 cm³/mol. The van der Waals surface area contributed by atoms with E-state index >= 15 is 0 Å². The highest BCUT2D eigenvalue weighted by Crippen LogP contribution is 2.06. The van der Waals surface area contributed by atoms with Crippen LogP contribution in [0.4, 0.5) is 0 Å². The number of nitrogens with one attached hydrogen (secondary N) is 4. The monoisotopic (exact) mass is 293 g/mol. The van der Waals surface area contributed by atoms with Crippen LogP contribution in [0.5, 0.6) is 0 Å². The molecule has 0 radical (unpaired) electrons. The molecule has 1 aromatic rings. The Morgan fingerprint density at radius 2 is 2.33 bits per heavy atom. The summed E-state index contributed by atoms with van der Waals surface area (Å²) in [5, 5.41) is 7.91. The summed E-state index contributed by atoms with van der Waals surface area (Å²) in [4.78, 5) is 42.0. The number of H-pyrrole nitrogens is 1. The molecule has 1 aliphatic rings. The molecule has 1 aliphatic heterocycles. The zero-order valence-corrected chi connectivity index (χ0v) is 11.8. The zero-order valence-electron chi connectivity index (χ0n) is 11.8. The smallest absolute Gasteiger partial charge is 0.249 e. The molecule has 114 valence electrons. The van der Waals surface area contributed by atoms with Crippen molar-refractivity contribution in [3.05, 3.63) is 18.2 Å². The van der Waals surface area contributed by atoms with E-state index in [4.69, 9.17) is 0 Å². The summed E-state index contributed by atoms with van der Waals surface area (Å²) in [6, 6.07) is -1.15. The first-order valence-electron chi connectivity index (χ1n) is 6.95. The molecule has 2 heterocycles. The molecule has 8 nitrogen and oxygen atoms in total. The van der Waals surface area contributed by atoms with Gasteiger partial charge >= 0.3 is 0 Å². The molecule has 0 aromatic carbocycles. The SMILES string of the molecule is CCN[C@@H](Cc1cnc[nH]1)C(=O)NC(=O)[C@@H]1CCC(=O)N1. The fraction of sp³-hybridized carbons (Fsp3) is 0.538. The van der Waals surface area contributed by atoms with Crippen LogP contribution in [0.1, 0.15) is 25.5 Å². The molecular weight excluding hydrogens is 274 g/mol. The average molecular weight is 293 g/mol. The van der Waals surface area contributed by atoms with E-state index in [2.05, 4.69) is 25.9 Å². The highest BCUT2D eigenvalue weighted by Gasteiger charge is 2.30. The maximum Gasteiger partial charge on any atom is 0.249 e. The topological polar surface area (TPSA) is 116 Å². The van der Waals surface area contributed by atoms with Crippen LogP contribution in [0.2, 0.25) is 0 Å². The highest BCUT2D eigenvalue weighted by atomic mass is 16.2. The number of imide groups is 1. The van der Waals surface area contributed by atoms with Crippen molar-refractivity contribution in [3.63, 3.8) is 0 Å². The molecule has 1 fully saturated rings. The number of rotatable bonds is 6. The zero-order chi connectivity index (χ0) is 15.2. The Labute approximate surface area is 122 Å². The Morgan fingerprint density at radius 3 is 2.90 bits per heavy atom. The lowest BCUT2D eigenvalue weighted by Gasteiger charge is -2.17. The molecule has 1 aromatic heterocycles. The van der Waals surface area contributed by atoms with Gasteiger partial charge in [-0.2, -0.15) is 0 Å². The van der Waals surface area contributed by atoms with E-state index in [9.17, 15) is 14.4 Å². The molecule has 21 heavy (non-hydrogen) atoms. The standard InChI is InChI=1S/C13H19N5O3/c1-2-15-10(5-8-6-14-7-16-8)13(21)18-12(20)9-3-4-11(19)17-9/h6-7,9-10,15H,2-5H2,1H3,(H,14,16)(H,17,19)(H,18,20,21)/t9-,10-/m0/s1. The second kappa shape index (κ2) is 6.98. The maximum absolute atomic E-state index is 12.2. The van der Waals surface area contributed by atoms with Gasteiger partial charge in [-0.05, 0) is 13.0 Å². The molecule has 8 heteroatoms. The van der Waals surface area contributed by atoms with Crippen LogP contribution in [0, 0.1) is 0 Å². The van der Waals surface area contributed by atoms with Gasteiger partial charge in [-0.25, -0.2) is 4.98 Å². The van der Waals surface area contributed by atoms with Crippen LogP contribution < -0.4 is 16.0 Å². The number of likely N-dealkylation sites (N-methyl/N-ethyl adjacent to an activating group) is 1. The van der Waals surface area contributed by atoms with Crippen LogP contribution in [0.25, 0.3) is 0 Å². The van der Waals surface area contributed by atoms with Crippen LogP contribution in [0.3, 0.4) is 0 Å². The third-order valence-electron chi connectivity index (χ3n) is 3.30. The Kier molecular flexibility index (Phi) is 5.04. The molecule has 0 bridgehead atoms. The van der Waals surface area contributed by atoms with E-state index in [0.29, 0.717) is 25.8 Å². The minimum absolute atomic E-state index is 0.164. The second-order valence-electron chi connectivity index (χ2n) is 4.90. The fourth-order valence-electron chi connectivity index (χ4n) is 2.23. The number of aromatic nitrogens is 2. The van der Waals surface area contributed by atoms with Crippen molar-refractivity contribution in [1.29, 1.82) is 0 Å². The number of hydrogen-bond donors (Lipinski definition) is 4. The molecule has 2 atom stereocenters. The summed E-state index contributed by atoms with van der Waals surface area (Å²) < 4.78 is 0. The first kappa shape index (κ1) is 15.2. The van der Waals surface area contributed by atoms with Gasteiger partial charge in [-0.1, -0.05) is 6.92 Å². The van der Waals surface area contributed by atoms with Crippen molar-refractivity contribution >= 4 is 17.7 Å². The van der Waals surface area contributed by atoms with E-state index in [1.807, 2.05) is 6.92 Å². The van der Waals surface area contributed by atoms with Crippen molar-refractivity contribution < 1.29 is 14.4 Å². The molecule has 2 rings (SSSR count). The Hall–Kier alpha value is -2.22. The lowest BCUT2D eigenvalue weighted by atomic mass is 10.1. The lowest BCUT2D eigenvalue weighted by Crippen LogP contribution is -2.51. The van der Waals surface area contributed by atoms with Crippen molar-refractivity contribution in [1.82, 2.24) is 25.9 Å². The summed E-state index contributed by atoms with van der Waals surface area (Å²) in [6.07, 6.45) is 4.32. The predicted octanol–water partition coefficient (Wildman–Crippen LogP) is -1.15. The number of aromatic amines is 1. The first-order valence-corrected chi connectivity index (χ1v) is 6.95. The Morgan fingerprint density at radius 1 is 1.52 bits per heavy atom. The number of carbonyl (C=O) groups excluding carboxylic acids is 3. The molecule has 0 aliphatic carbocycles. The Balaban J connectivity index is 1.91. The van der Waals surface area contributed by atoms with Gasteiger partial charge in [0.05, 0.1) is 12.4 Å². The van der Waals surface area contributed by atoms with Gasteiger partial charge in [-0.15, -0.1) is 0 Å². The van der Waals surface area contributed by atoms with Gasteiger partial charge in [0.1, 0.15) is 6.04 Å². The van der Waals surface area contributed by atoms with Crippen molar-refractivity contribution in [3.8, 4) is 0 Å². The summed E-state index contributed by atoms with van der Waals surface area (Å²) in [7, 11) is 0.